The van der Waals surface area contributed by atoms with E-state index in [-0.39, 0.29) is 12.5 Å². The molecule has 0 radical (unpaired) electrons. The molecule has 2 aromatic carbocycles. The monoisotopic (exact) mass is 463 g/mol. The molecule has 0 aliphatic heterocycles. The number of carboxylic acid groups (broad SMARTS) is 1. The number of hydrogen-bond acceptors (Lipinski definition) is 5. The van der Waals surface area contributed by atoms with Crippen molar-refractivity contribution in [1.82, 2.24) is 10.2 Å². The Labute approximate surface area is 202 Å². The first-order valence-electron chi connectivity index (χ1n) is 12.5. The Morgan fingerprint density at radius 3 is 2.79 bits per heavy atom. The van der Waals surface area contributed by atoms with Gasteiger partial charge in [-0.25, -0.2) is 0 Å². The number of nitrogens with one attached hydrogen (secondary N) is 1. The van der Waals surface area contributed by atoms with Crippen LogP contribution in [0.25, 0.3) is 22.2 Å². The number of para-hydroxylation sites is 1. The number of hydrogen-bond donors (Lipinski definition) is 2. The van der Waals surface area contributed by atoms with Crippen molar-refractivity contribution < 1.29 is 21.8 Å². The minimum Gasteiger partial charge on any atom is -0.493 e. The summed E-state index contributed by atoms with van der Waals surface area (Å²) in [6.45, 7) is 2.33. The maximum atomic E-state index is 10.7. The molecule has 0 aliphatic rings. The summed E-state index contributed by atoms with van der Waals surface area (Å²) in [5.74, 6) is 0.926. The van der Waals surface area contributed by atoms with Gasteiger partial charge in [-0.2, -0.15) is 5.10 Å². The summed E-state index contributed by atoms with van der Waals surface area (Å²) < 4.78 is 29.8. The zero-order chi connectivity index (χ0) is 25.7. The maximum Gasteiger partial charge on any atom is 0.303 e. The zero-order valence-electron chi connectivity index (χ0n) is 21.5. The number of nitrogens with zero attached hydrogens (tertiary/aromatic N) is 2. The number of aromatic nitrogens is 2. The predicted octanol–water partition coefficient (Wildman–Crippen LogP) is 6.26. The summed E-state index contributed by atoms with van der Waals surface area (Å²) >= 11 is 0. The van der Waals surface area contributed by atoms with Crippen LogP contribution in [0.2, 0.25) is 0 Å². The van der Waals surface area contributed by atoms with E-state index in [0.29, 0.717) is 36.6 Å². The lowest BCUT2D eigenvalue weighted by atomic mass is 10.1. The van der Waals surface area contributed by atoms with E-state index < -0.39 is 12.5 Å². The number of ether oxygens (including phenoxy) is 1. The van der Waals surface area contributed by atoms with Gasteiger partial charge in [0.1, 0.15) is 11.5 Å². The quantitative estimate of drug-likeness (QED) is 0.241. The van der Waals surface area contributed by atoms with E-state index in [0.717, 1.165) is 28.6 Å². The number of anilines is 1. The van der Waals surface area contributed by atoms with Crippen LogP contribution in [-0.4, -0.2) is 33.9 Å². The Morgan fingerprint density at radius 1 is 1.18 bits per heavy atom. The van der Waals surface area contributed by atoms with E-state index in [4.69, 9.17) is 14.3 Å². The molecule has 34 heavy (non-hydrogen) atoms. The highest BCUT2D eigenvalue weighted by molar-refractivity contribution is 5.92. The number of aliphatic carboxylic acids is 1. The molecule has 0 fully saturated rings. The normalized spacial score (nSPS) is 12.6. The van der Waals surface area contributed by atoms with Crippen molar-refractivity contribution in [2.24, 2.45) is 0 Å². The van der Waals surface area contributed by atoms with Crippen LogP contribution in [0.3, 0.4) is 0 Å². The maximum absolute atomic E-state index is 10.7. The van der Waals surface area contributed by atoms with E-state index in [1.807, 2.05) is 50.2 Å². The highest BCUT2D eigenvalue weighted by Gasteiger charge is 2.19. The van der Waals surface area contributed by atoms with Gasteiger partial charge in [-0.3, -0.25) is 9.89 Å². The summed E-state index contributed by atoms with van der Waals surface area (Å²) in [6.07, 6.45) is 3.79. The summed E-state index contributed by atoms with van der Waals surface area (Å²) in [4.78, 5) is 12.3. The number of rotatable bonds is 12. The fraction of sp³-hybridized carbons (Fsp3) is 0.333. The molecule has 2 heterocycles. The highest BCUT2D eigenvalue weighted by Crippen LogP contribution is 2.32. The first-order valence-corrected chi connectivity index (χ1v) is 11.5. The van der Waals surface area contributed by atoms with Gasteiger partial charge in [-0.05, 0) is 63.4 Å². The number of furan rings is 1. The average Bonchev–Trinajstić information content (AvgIpc) is 3.51. The molecule has 0 saturated carbocycles. The van der Waals surface area contributed by atoms with E-state index >= 15 is 0 Å². The highest BCUT2D eigenvalue weighted by atomic mass is 16.5. The zero-order valence-corrected chi connectivity index (χ0v) is 19.5. The Kier molecular flexibility index (Phi) is 6.69. The van der Waals surface area contributed by atoms with Crippen molar-refractivity contribution >= 4 is 22.7 Å². The number of carbonyl (C=O) groups is 1. The van der Waals surface area contributed by atoms with Crippen LogP contribution in [0, 0.1) is 0 Å². The fourth-order valence-electron chi connectivity index (χ4n) is 3.76. The van der Waals surface area contributed by atoms with E-state index in [9.17, 15) is 7.54 Å². The van der Waals surface area contributed by atoms with Gasteiger partial charge >= 0.3 is 5.97 Å². The third kappa shape index (κ3) is 5.60. The minimum absolute atomic E-state index is 0.142. The van der Waals surface area contributed by atoms with Gasteiger partial charge in [0, 0.05) is 35.5 Å². The minimum atomic E-state index is -1.92. The van der Waals surface area contributed by atoms with E-state index in [2.05, 4.69) is 10.2 Å². The van der Waals surface area contributed by atoms with Crippen LogP contribution in [0.1, 0.15) is 47.8 Å². The van der Waals surface area contributed by atoms with Gasteiger partial charge in [0.2, 0.25) is 0 Å². The van der Waals surface area contributed by atoms with Crippen LogP contribution in [0.15, 0.2) is 65.3 Å². The SMILES string of the molecule is [2H]C([2H])(c1ccccc1OCCCCCC(=O)O)N(c1n[nH]c2cc(-c3ccco3)ccc12)C(C)C. The van der Waals surface area contributed by atoms with Gasteiger partial charge in [0.05, 0.1) is 21.1 Å². The molecule has 0 unspecified atom stereocenters. The summed E-state index contributed by atoms with van der Waals surface area (Å²) in [5, 5.41) is 17.2. The fourth-order valence-corrected chi connectivity index (χ4v) is 3.76. The Hall–Kier alpha value is -3.74. The second-order valence-electron chi connectivity index (χ2n) is 8.41. The first-order chi connectivity index (χ1) is 17.3. The van der Waals surface area contributed by atoms with Crippen LogP contribution in [0.4, 0.5) is 5.82 Å². The molecule has 0 amide bonds. The number of H-pyrrole nitrogens is 1. The van der Waals surface area contributed by atoms with Crippen LogP contribution in [-0.2, 0) is 11.3 Å². The molecule has 2 N–H and O–H groups in total. The van der Waals surface area contributed by atoms with Crippen LogP contribution < -0.4 is 9.64 Å². The lowest BCUT2D eigenvalue weighted by Gasteiger charge is -2.28. The predicted molar refractivity (Wildman–Crippen MR) is 133 cm³/mol. The lowest BCUT2D eigenvalue weighted by molar-refractivity contribution is -0.137. The summed E-state index contributed by atoms with van der Waals surface area (Å²) in [6, 6.07) is 16.4. The van der Waals surface area contributed by atoms with Gasteiger partial charge in [-0.15, -0.1) is 0 Å². The van der Waals surface area contributed by atoms with Crippen molar-refractivity contribution in [2.75, 3.05) is 11.5 Å². The number of fused-ring (bicyclic) bond motifs is 1. The second-order valence-corrected chi connectivity index (χ2v) is 8.41. The van der Waals surface area contributed by atoms with Crippen molar-refractivity contribution in [1.29, 1.82) is 0 Å². The van der Waals surface area contributed by atoms with Crippen molar-refractivity contribution in [3.63, 3.8) is 0 Å². The van der Waals surface area contributed by atoms with E-state index in [1.54, 1.807) is 29.4 Å². The third-order valence-corrected chi connectivity index (χ3v) is 5.51. The second kappa shape index (κ2) is 10.9. The van der Waals surface area contributed by atoms with Crippen molar-refractivity contribution in [3.8, 4) is 17.1 Å². The molecule has 178 valence electrons. The number of carboxylic acids is 1. The number of unbranched alkanes of at least 4 members (excludes halogenated alkanes) is 2. The lowest BCUT2D eigenvalue weighted by Crippen LogP contribution is -2.30. The van der Waals surface area contributed by atoms with Crippen molar-refractivity contribution in [2.45, 2.75) is 52.1 Å². The van der Waals surface area contributed by atoms with Crippen molar-refractivity contribution in [3.05, 3.63) is 66.4 Å². The largest absolute Gasteiger partial charge is 0.493 e. The van der Waals surface area contributed by atoms with Gasteiger partial charge in [0.25, 0.3) is 0 Å². The molecule has 0 aliphatic carbocycles. The molecule has 0 saturated heterocycles. The van der Waals surface area contributed by atoms with Gasteiger partial charge in [-0.1, -0.05) is 24.3 Å². The molecule has 0 spiro atoms. The average molecular weight is 464 g/mol. The summed E-state index contributed by atoms with van der Waals surface area (Å²) in [5.41, 5.74) is 2.10. The van der Waals surface area contributed by atoms with Gasteiger partial charge in [0.15, 0.2) is 5.82 Å². The molecule has 0 atom stereocenters. The molecule has 7 heteroatoms. The third-order valence-electron chi connectivity index (χ3n) is 5.51. The molecule has 7 nitrogen and oxygen atoms in total. The van der Waals surface area contributed by atoms with Crippen LogP contribution in [0.5, 0.6) is 5.75 Å². The smallest absolute Gasteiger partial charge is 0.303 e. The van der Waals surface area contributed by atoms with E-state index in [1.165, 1.54) is 0 Å². The van der Waals surface area contributed by atoms with Gasteiger partial charge < -0.3 is 19.2 Å². The number of benzene rings is 2. The Morgan fingerprint density at radius 2 is 2.03 bits per heavy atom. The molecule has 0 bridgehead atoms. The standard InChI is InChI=1S/C27H31N3O4/c1-19(2)30(18-21-9-5-6-10-25(21)33-15-7-3-4-12-26(31)32)27-22-14-13-20(17-23(22)28-29-27)24-11-8-16-34-24/h5-6,8-11,13-14,16-17,19H,3-4,7,12,15,18H2,1-2H3,(H,28,29)(H,31,32)/i18D2. The topological polar surface area (TPSA) is 91.6 Å². The first kappa shape index (κ1) is 20.8. The molecular formula is C27H31N3O4. The molecule has 2 aromatic heterocycles. The summed E-state index contributed by atoms with van der Waals surface area (Å²) in [7, 11) is 0. The Balaban J connectivity index is 1.60. The van der Waals surface area contributed by atoms with Crippen LogP contribution >= 0.6 is 0 Å². The molecular weight excluding hydrogens is 430 g/mol. The Bertz CT molecular complexity index is 1300. The molecule has 4 rings (SSSR count). The molecule has 4 aromatic rings. The number of aromatic amines is 1.